The zero-order valence-electron chi connectivity index (χ0n) is 16.7. The van der Waals surface area contributed by atoms with Gasteiger partial charge in [-0.3, -0.25) is 0 Å². The summed E-state index contributed by atoms with van der Waals surface area (Å²) in [7, 11) is 0. The van der Waals surface area contributed by atoms with Crippen LogP contribution in [0.25, 0.3) is 11.0 Å². The first-order valence-electron chi connectivity index (χ1n) is 10.3. The molecule has 3 nitrogen and oxygen atoms in total. The van der Waals surface area contributed by atoms with Crippen molar-refractivity contribution in [3.05, 3.63) is 46.9 Å². The summed E-state index contributed by atoms with van der Waals surface area (Å²) < 4.78 is 25.4. The number of rotatable bonds is 9. The number of esters is 1. The first-order valence-corrected chi connectivity index (χ1v) is 11.5. The first kappa shape index (κ1) is 22.0. The lowest BCUT2D eigenvalue weighted by Crippen LogP contribution is -2.06. The average Bonchev–Trinajstić information content (AvgIpc) is 3.25. The van der Waals surface area contributed by atoms with E-state index in [1.807, 2.05) is 18.2 Å². The summed E-state index contributed by atoms with van der Waals surface area (Å²) in [6.45, 7) is 5.94. The van der Waals surface area contributed by atoms with E-state index in [0.717, 1.165) is 60.8 Å². The van der Waals surface area contributed by atoms with E-state index in [-0.39, 0.29) is 22.4 Å². The minimum atomic E-state index is -0.383. The van der Waals surface area contributed by atoms with Crippen molar-refractivity contribution in [3.8, 4) is 0 Å². The van der Waals surface area contributed by atoms with E-state index in [1.165, 1.54) is 6.08 Å². The third-order valence-corrected chi connectivity index (χ3v) is 7.16. The Balaban J connectivity index is 1.75. The van der Waals surface area contributed by atoms with E-state index in [9.17, 15) is 9.18 Å². The molecule has 1 aromatic carbocycles. The van der Waals surface area contributed by atoms with Gasteiger partial charge in [-0.2, -0.15) is 0 Å². The predicted octanol–water partition coefficient (Wildman–Crippen LogP) is 7.34. The molecule has 0 saturated heterocycles. The summed E-state index contributed by atoms with van der Waals surface area (Å²) in [5.41, 5.74) is 1.40. The van der Waals surface area contributed by atoms with Crippen LogP contribution < -0.4 is 0 Å². The molecule has 156 valence electrons. The third-order valence-electron chi connectivity index (χ3n) is 5.46. The number of carbonyl (C=O) groups excluding carboxylic acids is 1. The van der Waals surface area contributed by atoms with Crippen LogP contribution in [0.2, 0.25) is 0 Å². The van der Waals surface area contributed by atoms with Gasteiger partial charge in [-0.05, 0) is 68.4 Å². The highest BCUT2D eigenvalue weighted by Gasteiger charge is 2.25. The van der Waals surface area contributed by atoms with Crippen molar-refractivity contribution in [2.45, 2.75) is 67.9 Å². The van der Waals surface area contributed by atoms with Crippen LogP contribution >= 0.6 is 24.0 Å². The highest BCUT2D eigenvalue weighted by atomic mass is 32.2. The van der Waals surface area contributed by atoms with Crippen LogP contribution in [0.4, 0.5) is 4.39 Å². The van der Waals surface area contributed by atoms with Crippen molar-refractivity contribution in [1.82, 2.24) is 0 Å². The standard InChI is InChI=1S/C23H27FO3S2/c1-3-16(10-7-13-26-20(25)4-2)29-17-11-12-18-19(14-17)27-23(28)22(24)21(18)15-8-5-6-9-15/h4,11-12,14-16H,2-3,5-10,13H2,1H3. The first-order chi connectivity index (χ1) is 14.0. The van der Waals surface area contributed by atoms with E-state index in [2.05, 4.69) is 13.5 Å². The second-order valence-corrected chi connectivity index (χ2v) is 9.16. The topological polar surface area (TPSA) is 39.4 Å². The summed E-state index contributed by atoms with van der Waals surface area (Å²) in [5, 5.41) is 1.24. The van der Waals surface area contributed by atoms with Gasteiger partial charge in [0.15, 0.2) is 5.82 Å². The molecule has 0 spiro atoms. The molecule has 6 heteroatoms. The van der Waals surface area contributed by atoms with E-state index < -0.39 is 0 Å². The zero-order valence-corrected chi connectivity index (χ0v) is 18.4. The molecule has 0 N–H and O–H groups in total. The van der Waals surface area contributed by atoms with Crippen molar-refractivity contribution < 1.29 is 18.3 Å². The second kappa shape index (κ2) is 10.4. The Morgan fingerprint density at radius 1 is 1.45 bits per heavy atom. The molecule has 1 saturated carbocycles. The number of halogens is 1. The summed E-state index contributed by atoms with van der Waals surface area (Å²) in [5.74, 6) is -0.511. The van der Waals surface area contributed by atoms with Gasteiger partial charge in [-0.1, -0.05) is 26.3 Å². The van der Waals surface area contributed by atoms with Gasteiger partial charge < -0.3 is 9.15 Å². The average molecular weight is 435 g/mol. The molecule has 1 atom stereocenters. The molecule has 0 radical (unpaired) electrons. The molecule has 3 rings (SSSR count). The van der Waals surface area contributed by atoms with Crippen molar-refractivity contribution in [2.24, 2.45) is 0 Å². The molecule has 1 fully saturated rings. The Kier molecular flexibility index (Phi) is 7.90. The number of hydrogen-bond donors (Lipinski definition) is 0. The number of ether oxygens (including phenoxy) is 1. The van der Waals surface area contributed by atoms with Crippen molar-refractivity contribution in [1.29, 1.82) is 0 Å². The normalized spacial score (nSPS) is 15.5. The summed E-state index contributed by atoms with van der Waals surface area (Å²) in [4.78, 5) is 12.2. The van der Waals surface area contributed by atoms with Crippen LogP contribution in [0.15, 0.2) is 40.2 Å². The highest BCUT2D eigenvalue weighted by Crippen LogP contribution is 2.40. The molecule has 1 heterocycles. The number of thioether (sulfide) groups is 1. The monoisotopic (exact) mass is 434 g/mol. The zero-order chi connectivity index (χ0) is 20.8. The molecule has 29 heavy (non-hydrogen) atoms. The summed E-state index contributed by atoms with van der Waals surface area (Å²) in [6.07, 6.45) is 8.21. The Morgan fingerprint density at radius 3 is 2.90 bits per heavy atom. The van der Waals surface area contributed by atoms with E-state index in [4.69, 9.17) is 21.4 Å². The van der Waals surface area contributed by atoms with Crippen molar-refractivity contribution in [3.63, 3.8) is 0 Å². The smallest absolute Gasteiger partial charge is 0.330 e. The molecule has 0 aliphatic heterocycles. The maximum absolute atomic E-state index is 14.8. The lowest BCUT2D eigenvalue weighted by atomic mass is 9.94. The highest BCUT2D eigenvalue weighted by molar-refractivity contribution is 8.00. The fraction of sp³-hybridized carbons (Fsp3) is 0.478. The van der Waals surface area contributed by atoms with Crippen molar-refractivity contribution >= 4 is 40.9 Å². The Bertz CT molecular complexity index is 932. The van der Waals surface area contributed by atoms with Crippen LogP contribution in [0.5, 0.6) is 0 Å². The second-order valence-electron chi connectivity index (χ2n) is 7.42. The van der Waals surface area contributed by atoms with Crippen LogP contribution in [0.3, 0.4) is 0 Å². The van der Waals surface area contributed by atoms with Crippen LogP contribution in [0.1, 0.15) is 63.4 Å². The van der Waals surface area contributed by atoms with Gasteiger partial charge >= 0.3 is 5.97 Å². The number of carbonyl (C=O) groups is 1. The van der Waals surface area contributed by atoms with E-state index >= 15 is 0 Å². The van der Waals surface area contributed by atoms with Gasteiger partial charge in [0, 0.05) is 27.2 Å². The number of hydrogen-bond acceptors (Lipinski definition) is 5. The molecule has 0 amide bonds. The molecular formula is C23H27FO3S2. The van der Waals surface area contributed by atoms with Crippen LogP contribution in [-0.2, 0) is 9.53 Å². The van der Waals surface area contributed by atoms with E-state index in [1.54, 1.807) is 11.8 Å². The minimum absolute atomic E-state index is 0.0439. The third kappa shape index (κ3) is 5.48. The molecule has 0 bridgehead atoms. The fourth-order valence-corrected chi connectivity index (χ4v) is 5.31. The predicted molar refractivity (Wildman–Crippen MR) is 119 cm³/mol. The van der Waals surface area contributed by atoms with Crippen molar-refractivity contribution in [2.75, 3.05) is 6.61 Å². The fourth-order valence-electron chi connectivity index (χ4n) is 3.95. The van der Waals surface area contributed by atoms with Gasteiger partial charge in [0.05, 0.1) is 6.61 Å². The molecule has 2 aromatic rings. The number of benzene rings is 1. The SMILES string of the molecule is C=CC(=O)OCCCC(CC)Sc1ccc2c(C3CCCC3)c(F)c(=S)oc2c1. The largest absolute Gasteiger partial charge is 0.463 e. The quantitative estimate of drug-likeness (QED) is 0.136. The van der Waals surface area contributed by atoms with Gasteiger partial charge in [0.25, 0.3) is 0 Å². The van der Waals surface area contributed by atoms with Gasteiger partial charge in [0.1, 0.15) is 5.58 Å². The maximum atomic E-state index is 14.8. The van der Waals surface area contributed by atoms with Crippen LogP contribution in [-0.4, -0.2) is 17.8 Å². The molecular weight excluding hydrogens is 407 g/mol. The lowest BCUT2D eigenvalue weighted by molar-refractivity contribution is -0.137. The molecule has 1 aromatic heterocycles. The van der Waals surface area contributed by atoms with E-state index in [0.29, 0.717) is 17.4 Å². The Hall–Kier alpha value is -1.66. The molecule has 1 aliphatic rings. The molecule has 1 aliphatic carbocycles. The number of fused-ring (bicyclic) bond motifs is 1. The van der Waals surface area contributed by atoms with Gasteiger partial charge in [-0.15, -0.1) is 11.8 Å². The Morgan fingerprint density at radius 2 is 2.21 bits per heavy atom. The van der Waals surface area contributed by atoms with Gasteiger partial charge in [-0.25, -0.2) is 9.18 Å². The molecule has 1 unspecified atom stereocenters. The lowest BCUT2D eigenvalue weighted by Gasteiger charge is -2.16. The minimum Gasteiger partial charge on any atom is -0.463 e. The summed E-state index contributed by atoms with van der Waals surface area (Å²) >= 11 is 6.93. The maximum Gasteiger partial charge on any atom is 0.330 e. The van der Waals surface area contributed by atoms with Crippen LogP contribution in [0, 0.1) is 10.5 Å². The Labute approximate surface area is 180 Å². The van der Waals surface area contributed by atoms with Gasteiger partial charge in [0.2, 0.25) is 4.71 Å². The summed E-state index contributed by atoms with van der Waals surface area (Å²) in [6, 6.07) is 6.00.